The summed E-state index contributed by atoms with van der Waals surface area (Å²) in [7, 11) is 5.70. The van der Waals surface area contributed by atoms with Crippen LogP contribution in [-0.2, 0) is 0 Å². The van der Waals surface area contributed by atoms with Crippen LogP contribution in [0.25, 0.3) is 0 Å². The summed E-state index contributed by atoms with van der Waals surface area (Å²) in [4.78, 5) is 16.9. The number of ether oxygens (including phenoxy) is 1. The van der Waals surface area contributed by atoms with E-state index in [2.05, 4.69) is 34.3 Å². The van der Waals surface area contributed by atoms with Gasteiger partial charge in [-0.25, -0.2) is 4.79 Å². The summed E-state index contributed by atoms with van der Waals surface area (Å²) >= 11 is 0. The monoisotopic (exact) mass is 376 g/mol. The highest BCUT2D eigenvalue weighted by Crippen LogP contribution is 2.27. The maximum atomic E-state index is 12.3. The third-order valence-electron chi connectivity index (χ3n) is 5.41. The highest BCUT2D eigenvalue weighted by molar-refractivity contribution is 5.73. The summed E-state index contributed by atoms with van der Waals surface area (Å²) in [6.45, 7) is 7.98. The Morgan fingerprint density at radius 1 is 1.30 bits per heavy atom. The van der Waals surface area contributed by atoms with E-state index in [1.54, 1.807) is 7.11 Å². The predicted octanol–water partition coefficient (Wildman–Crippen LogP) is 2.72. The van der Waals surface area contributed by atoms with E-state index >= 15 is 0 Å². The first kappa shape index (κ1) is 21.5. The Kier molecular flexibility index (Phi) is 8.38. The molecule has 6 heteroatoms. The maximum absolute atomic E-state index is 12.3. The highest BCUT2D eigenvalue weighted by atomic mass is 16.5. The average molecular weight is 377 g/mol. The fourth-order valence-corrected chi connectivity index (χ4v) is 3.73. The molecule has 0 aliphatic carbocycles. The molecule has 1 aromatic carbocycles. The molecule has 2 rings (SSSR count). The molecule has 0 bridgehead atoms. The lowest BCUT2D eigenvalue weighted by Gasteiger charge is -2.35. The van der Waals surface area contributed by atoms with Crippen molar-refractivity contribution in [1.82, 2.24) is 20.4 Å². The van der Waals surface area contributed by atoms with Crippen LogP contribution in [0.15, 0.2) is 24.3 Å². The van der Waals surface area contributed by atoms with Gasteiger partial charge in [0.05, 0.1) is 13.2 Å². The zero-order chi connectivity index (χ0) is 19.8. The van der Waals surface area contributed by atoms with Crippen molar-refractivity contribution in [3.63, 3.8) is 0 Å². The molecular weight excluding hydrogens is 340 g/mol. The summed E-state index contributed by atoms with van der Waals surface area (Å²) in [6, 6.07) is 8.48. The Balaban J connectivity index is 1.84. The number of carbonyl (C=O) groups is 1. The molecule has 1 saturated heterocycles. The van der Waals surface area contributed by atoms with Gasteiger partial charge in [-0.3, -0.25) is 0 Å². The molecule has 152 valence electrons. The summed E-state index contributed by atoms with van der Waals surface area (Å²) < 4.78 is 5.48. The van der Waals surface area contributed by atoms with E-state index in [1.807, 2.05) is 38.4 Å². The average Bonchev–Trinajstić information content (AvgIpc) is 2.66. The molecule has 6 nitrogen and oxygen atoms in total. The Morgan fingerprint density at radius 3 is 2.70 bits per heavy atom. The van der Waals surface area contributed by atoms with Crippen LogP contribution in [0.2, 0.25) is 0 Å². The number of hydrogen-bond acceptors (Lipinski definition) is 4. The predicted molar refractivity (Wildman–Crippen MR) is 110 cm³/mol. The van der Waals surface area contributed by atoms with E-state index in [0.717, 1.165) is 24.4 Å². The minimum absolute atomic E-state index is 0.0537. The van der Waals surface area contributed by atoms with Gasteiger partial charge in [0.2, 0.25) is 0 Å². The number of likely N-dealkylation sites (N-methyl/N-ethyl adjacent to an activating group) is 1. The van der Waals surface area contributed by atoms with E-state index in [4.69, 9.17) is 4.74 Å². The Hall–Kier alpha value is -1.79. The molecular formula is C21H36N4O2. The number of benzene rings is 1. The van der Waals surface area contributed by atoms with Crippen LogP contribution in [0, 0.1) is 5.92 Å². The first-order chi connectivity index (χ1) is 12.9. The third kappa shape index (κ3) is 6.40. The highest BCUT2D eigenvalue weighted by Gasteiger charge is 2.22. The van der Waals surface area contributed by atoms with Gasteiger partial charge < -0.3 is 25.2 Å². The summed E-state index contributed by atoms with van der Waals surface area (Å²) in [5.74, 6) is 1.38. The van der Waals surface area contributed by atoms with E-state index in [1.165, 1.54) is 19.4 Å². The number of nitrogens with one attached hydrogen (secondary N) is 2. The second-order valence-corrected chi connectivity index (χ2v) is 7.91. The lowest BCUT2D eigenvalue weighted by Crippen LogP contribution is -2.46. The van der Waals surface area contributed by atoms with Crippen molar-refractivity contribution in [2.45, 2.75) is 38.8 Å². The number of methoxy groups -OCH3 is 1. The van der Waals surface area contributed by atoms with Gasteiger partial charge in [0.25, 0.3) is 0 Å². The fourth-order valence-electron chi connectivity index (χ4n) is 3.73. The lowest BCUT2D eigenvalue weighted by atomic mass is 9.97. The molecule has 0 aromatic heterocycles. The zero-order valence-electron chi connectivity index (χ0n) is 17.5. The number of para-hydroxylation sites is 1. The maximum Gasteiger partial charge on any atom is 0.314 e. The number of nitrogens with zero attached hydrogens (tertiary/aromatic N) is 2. The fraction of sp³-hybridized carbons (Fsp3) is 0.667. The topological polar surface area (TPSA) is 56.8 Å². The van der Waals surface area contributed by atoms with Crippen molar-refractivity contribution >= 4 is 6.03 Å². The third-order valence-corrected chi connectivity index (χ3v) is 5.41. The number of hydrogen-bond donors (Lipinski definition) is 2. The van der Waals surface area contributed by atoms with Crippen molar-refractivity contribution in [3.8, 4) is 5.75 Å². The lowest BCUT2D eigenvalue weighted by molar-refractivity contribution is 0.139. The van der Waals surface area contributed by atoms with Gasteiger partial charge in [-0.2, -0.15) is 0 Å². The molecule has 2 amide bonds. The van der Waals surface area contributed by atoms with Crippen LogP contribution in [0.1, 0.15) is 38.3 Å². The minimum atomic E-state index is -0.0987. The van der Waals surface area contributed by atoms with Crippen molar-refractivity contribution < 1.29 is 9.53 Å². The van der Waals surface area contributed by atoms with Gasteiger partial charge in [0, 0.05) is 31.2 Å². The molecule has 1 aliphatic heterocycles. The summed E-state index contributed by atoms with van der Waals surface area (Å²) in [5.41, 5.74) is 1.07. The standard InChI is InChI=1S/C21H36N4O2/c1-16(2)25-12-8-9-17(15-25)13-22-21(26)23-14-19(24(3)4)18-10-6-7-11-20(18)27-5/h6-7,10-11,16-17,19H,8-9,12-15H2,1-5H3,(H2,22,23,26). The number of rotatable bonds is 8. The molecule has 2 N–H and O–H groups in total. The van der Waals surface area contributed by atoms with Crippen LogP contribution >= 0.6 is 0 Å². The van der Waals surface area contributed by atoms with E-state index < -0.39 is 0 Å². The summed E-state index contributed by atoms with van der Waals surface area (Å²) in [5, 5.41) is 6.09. The molecule has 1 aliphatic rings. The van der Waals surface area contributed by atoms with Gasteiger partial charge in [0.1, 0.15) is 5.75 Å². The SMILES string of the molecule is COc1ccccc1C(CNC(=O)NCC1CCCN(C(C)C)C1)N(C)C. The Bertz CT molecular complexity index is 591. The van der Waals surface area contributed by atoms with Gasteiger partial charge >= 0.3 is 6.03 Å². The smallest absolute Gasteiger partial charge is 0.314 e. The molecule has 0 radical (unpaired) electrons. The summed E-state index contributed by atoms with van der Waals surface area (Å²) in [6.07, 6.45) is 2.40. The van der Waals surface area contributed by atoms with Gasteiger partial charge in [-0.05, 0) is 59.3 Å². The molecule has 0 saturated carbocycles. The first-order valence-corrected chi connectivity index (χ1v) is 9.97. The molecule has 27 heavy (non-hydrogen) atoms. The quantitative estimate of drug-likeness (QED) is 0.732. The van der Waals surface area contributed by atoms with E-state index in [0.29, 0.717) is 18.5 Å². The zero-order valence-corrected chi connectivity index (χ0v) is 17.5. The van der Waals surface area contributed by atoms with Crippen molar-refractivity contribution in [2.75, 3.05) is 47.4 Å². The van der Waals surface area contributed by atoms with Crippen LogP contribution in [0.5, 0.6) is 5.75 Å². The molecule has 1 heterocycles. The number of amides is 2. The van der Waals surface area contributed by atoms with Crippen LogP contribution in [-0.4, -0.2) is 69.3 Å². The van der Waals surface area contributed by atoms with Crippen molar-refractivity contribution in [1.29, 1.82) is 0 Å². The van der Waals surface area contributed by atoms with E-state index in [9.17, 15) is 4.79 Å². The second kappa shape index (κ2) is 10.5. The Labute approximate surface area is 164 Å². The number of carbonyl (C=O) groups excluding carboxylic acids is 1. The molecule has 1 fully saturated rings. The second-order valence-electron chi connectivity index (χ2n) is 7.91. The van der Waals surface area contributed by atoms with E-state index in [-0.39, 0.29) is 12.1 Å². The number of likely N-dealkylation sites (tertiary alicyclic amines) is 1. The molecule has 0 spiro atoms. The molecule has 2 unspecified atom stereocenters. The number of piperidine rings is 1. The number of urea groups is 1. The first-order valence-electron chi connectivity index (χ1n) is 9.97. The molecule has 2 atom stereocenters. The Morgan fingerprint density at radius 2 is 2.04 bits per heavy atom. The van der Waals surface area contributed by atoms with Crippen LogP contribution in [0.4, 0.5) is 4.79 Å². The van der Waals surface area contributed by atoms with Gasteiger partial charge in [-0.15, -0.1) is 0 Å². The largest absolute Gasteiger partial charge is 0.496 e. The minimum Gasteiger partial charge on any atom is -0.496 e. The van der Waals surface area contributed by atoms with Crippen molar-refractivity contribution in [2.24, 2.45) is 5.92 Å². The molecule has 1 aromatic rings. The van der Waals surface area contributed by atoms with Crippen molar-refractivity contribution in [3.05, 3.63) is 29.8 Å². The van der Waals surface area contributed by atoms with Crippen LogP contribution in [0.3, 0.4) is 0 Å². The van der Waals surface area contributed by atoms with Gasteiger partial charge in [-0.1, -0.05) is 18.2 Å². The van der Waals surface area contributed by atoms with Crippen LogP contribution < -0.4 is 15.4 Å². The van der Waals surface area contributed by atoms with Gasteiger partial charge in [0.15, 0.2) is 0 Å². The normalized spacial score (nSPS) is 19.1.